The van der Waals surface area contributed by atoms with E-state index in [0.29, 0.717) is 0 Å². The lowest BCUT2D eigenvalue weighted by Crippen LogP contribution is -2.47. The van der Waals surface area contributed by atoms with Crippen molar-refractivity contribution in [3.63, 3.8) is 0 Å². The number of carbonyl (C=O) groups is 1. The number of aromatic nitrogens is 1. The van der Waals surface area contributed by atoms with Gasteiger partial charge in [0.25, 0.3) is 0 Å². The van der Waals surface area contributed by atoms with Crippen LogP contribution in [-0.4, -0.2) is 54.6 Å². The average molecular weight is 406 g/mol. The van der Waals surface area contributed by atoms with Crippen LogP contribution >= 0.6 is 0 Å². The normalized spacial score (nSPS) is 22.6. The molecule has 0 spiro atoms. The number of piperazine rings is 1. The molecule has 1 aliphatic heterocycles. The third-order valence-corrected chi connectivity index (χ3v) is 6.64. The number of hydrogen-bond donors (Lipinski definition) is 1. The van der Waals surface area contributed by atoms with Gasteiger partial charge in [0.05, 0.1) is 11.6 Å². The molecule has 1 N–H and O–H groups in total. The maximum atomic E-state index is 11.6. The van der Waals surface area contributed by atoms with Crippen LogP contribution in [0.2, 0.25) is 0 Å². The van der Waals surface area contributed by atoms with Gasteiger partial charge in [-0.1, -0.05) is 6.07 Å². The standard InChI is InChI=1S/C24H31N5O/c25-12-10-24(30)27-20-8-6-19(7-9-20)11-14-28-15-17-29(18-16-28)23-5-1-4-22-21(23)3-2-13-26-22/h1-5,13,19-20H,6-11,14-18H2,(H,27,30). The molecule has 2 aliphatic rings. The first-order valence-corrected chi connectivity index (χ1v) is 11.2. The van der Waals surface area contributed by atoms with E-state index in [1.165, 1.54) is 36.9 Å². The molecule has 0 unspecified atom stereocenters. The maximum absolute atomic E-state index is 11.6. The molecule has 6 nitrogen and oxygen atoms in total. The van der Waals surface area contributed by atoms with Gasteiger partial charge >= 0.3 is 0 Å². The third kappa shape index (κ3) is 5.09. The second-order valence-corrected chi connectivity index (χ2v) is 8.58. The number of amides is 1. The quantitative estimate of drug-likeness (QED) is 0.798. The Balaban J connectivity index is 1.20. The molecule has 158 valence electrons. The number of carbonyl (C=O) groups excluding carboxylic acids is 1. The minimum absolute atomic E-state index is 0.0266. The summed E-state index contributed by atoms with van der Waals surface area (Å²) in [5.74, 6) is 0.636. The number of anilines is 1. The van der Waals surface area contributed by atoms with E-state index >= 15 is 0 Å². The summed E-state index contributed by atoms with van der Waals surface area (Å²) in [4.78, 5) is 21.2. The van der Waals surface area contributed by atoms with Crippen molar-refractivity contribution in [2.75, 3.05) is 37.6 Å². The van der Waals surface area contributed by atoms with Crippen molar-refractivity contribution in [2.24, 2.45) is 5.92 Å². The van der Waals surface area contributed by atoms with Gasteiger partial charge < -0.3 is 10.2 Å². The molecule has 1 aromatic carbocycles. The highest BCUT2D eigenvalue weighted by molar-refractivity contribution is 5.91. The molecule has 0 bridgehead atoms. The smallest absolute Gasteiger partial charge is 0.234 e. The molecule has 1 amide bonds. The second-order valence-electron chi connectivity index (χ2n) is 8.58. The Morgan fingerprint density at radius 3 is 2.67 bits per heavy atom. The summed E-state index contributed by atoms with van der Waals surface area (Å²) < 4.78 is 0. The molecule has 6 heteroatoms. The number of hydrogen-bond acceptors (Lipinski definition) is 5. The number of rotatable bonds is 6. The monoisotopic (exact) mass is 405 g/mol. The predicted octanol–water partition coefficient (Wildman–Crippen LogP) is 3.34. The Kier molecular flexibility index (Phi) is 6.81. The topological polar surface area (TPSA) is 72.3 Å². The fourth-order valence-corrected chi connectivity index (χ4v) is 4.89. The molecule has 1 saturated heterocycles. The molecule has 2 heterocycles. The van der Waals surface area contributed by atoms with Gasteiger partial charge in [-0.15, -0.1) is 0 Å². The van der Waals surface area contributed by atoms with Gasteiger partial charge in [0.2, 0.25) is 5.91 Å². The van der Waals surface area contributed by atoms with E-state index < -0.39 is 0 Å². The van der Waals surface area contributed by atoms with Crippen LogP contribution in [0.15, 0.2) is 36.5 Å². The first-order valence-electron chi connectivity index (χ1n) is 11.2. The summed E-state index contributed by atoms with van der Waals surface area (Å²) in [5, 5.41) is 12.8. The predicted molar refractivity (Wildman–Crippen MR) is 119 cm³/mol. The summed E-state index contributed by atoms with van der Waals surface area (Å²) in [6.07, 6.45) is 7.53. The molecule has 0 atom stereocenters. The molecule has 0 radical (unpaired) electrons. The van der Waals surface area contributed by atoms with Gasteiger partial charge in [0, 0.05) is 49.5 Å². The minimum atomic E-state index is -0.124. The van der Waals surface area contributed by atoms with Gasteiger partial charge in [0.15, 0.2) is 0 Å². The molecular weight excluding hydrogens is 374 g/mol. The number of nitrogens with zero attached hydrogens (tertiary/aromatic N) is 4. The van der Waals surface area contributed by atoms with Crippen molar-refractivity contribution in [3.05, 3.63) is 36.5 Å². The average Bonchev–Trinajstić information content (AvgIpc) is 2.79. The number of fused-ring (bicyclic) bond motifs is 1. The van der Waals surface area contributed by atoms with Crippen molar-refractivity contribution in [1.82, 2.24) is 15.2 Å². The first kappa shape index (κ1) is 20.6. The SMILES string of the molecule is N#CCC(=O)NC1CCC(CCN2CCN(c3cccc4ncccc34)CC2)CC1. The molecule has 4 rings (SSSR count). The molecule has 1 aliphatic carbocycles. The van der Waals surface area contributed by atoms with E-state index in [-0.39, 0.29) is 18.4 Å². The summed E-state index contributed by atoms with van der Waals surface area (Å²) in [5.41, 5.74) is 2.37. The summed E-state index contributed by atoms with van der Waals surface area (Å²) in [7, 11) is 0. The Bertz CT molecular complexity index is 887. The van der Waals surface area contributed by atoms with Crippen LogP contribution in [0.4, 0.5) is 5.69 Å². The van der Waals surface area contributed by atoms with E-state index in [4.69, 9.17) is 5.26 Å². The maximum Gasteiger partial charge on any atom is 0.234 e. The molecule has 1 aromatic heterocycles. The lowest BCUT2D eigenvalue weighted by Gasteiger charge is -2.37. The molecule has 2 fully saturated rings. The summed E-state index contributed by atoms with van der Waals surface area (Å²) >= 11 is 0. The lowest BCUT2D eigenvalue weighted by molar-refractivity contribution is -0.121. The zero-order valence-corrected chi connectivity index (χ0v) is 17.6. The Morgan fingerprint density at radius 1 is 1.10 bits per heavy atom. The number of benzene rings is 1. The third-order valence-electron chi connectivity index (χ3n) is 6.64. The van der Waals surface area contributed by atoms with Crippen LogP contribution in [0.5, 0.6) is 0 Å². The number of nitrogens with one attached hydrogen (secondary N) is 1. The summed E-state index contributed by atoms with van der Waals surface area (Å²) in [6.45, 7) is 5.50. The van der Waals surface area contributed by atoms with Gasteiger partial charge in [-0.05, 0) is 68.8 Å². The first-order chi connectivity index (χ1) is 14.7. The van der Waals surface area contributed by atoms with Crippen LogP contribution in [0.25, 0.3) is 10.9 Å². The van der Waals surface area contributed by atoms with E-state index in [1.54, 1.807) is 0 Å². The van der Waals surface area contributed by atoms with Gasteiger partial charge in [-0.25, -0.2) is 0 Å². The number of nitriles is 1. The second kappa shape index (κ2) is 9.90. The van der Waals surface area contributed by atoms with Crippen molar-refractivity contribution < 1.29 is 4.79 Å². The molecular formula is C24H31N5O. The molecule has 30 heavy (non-hydrogen) atoms. The Morgan fingerprint density at radius 2 is 1.90 bits per heavy atom. The van der Waals surface area contributed by atoms with Crippen molar-refractivity contribution in [1.29, 1.82) is 5.26 Å². The van der Waals surface area contributed by atoms with Gasteiger partial charge in [-0.3, -0.25) is 14.7 Å². The number of pyridine rings is 1. The fraction of sp³-hybridized carbons (Fsp3) is 0.542. The molecule has 1 saturated carbocycles. The van der Waals surface area contributed by atoms with Crippen molar-refractivity contribution in [2.45, 2.75) is 44.6 Å². The van der Waals surface area contributed by atoms with Crippen molar-refractivity contribution in [3.8, 4) is 6.07 Å². The summed E-state index contributed by atoms with van der Waals surface area (Å²) in [6, 6.07) is 12.8. The van der Waals surface area contributed by atoms with E-state index in [0.717, 1.165) is 50.5 Å². The van der Waals surface area contributed by atoms with Crippen LogP contribution in [0.3, 0.4) is 0 Å². The Hall–Kier alpha value is -2.65. The largest absolute Gasteiger partial charge is 0.368 e. The highest BCUT2D eigenvalue weighted by Crippen LogP contribution is 2.29. The van der Waals surface area contributed by atoms with Crippen LogP contribution in [0, 0.1) is 17.2 Å². The van der Waals surface area contributed by atoms with Gasteiger partial charge in [-0.2, -0.15) is 5.26 Å². The van der Waals surface area contributed by atoms with E-state index in [1.807, 2.05) is 18.3 Å². The minimum Gasteiger partial charge on any atom is -0.368 e. The highest BCUT2D eigenvalue weighted by Gasteiger charge is 2.24. The molecule has 2 aromatic rings. The Labute approximate surface area is 178 Å². The fourth-order valence-electron chi connectivity index (χ4n) is 4.89. The zero-order chi connectivity index (χ0) is 20.8. The van der Waals surface area contributed by atoms with Crippen LogP contribution in [-0.2, 0) is 4.79 Å². The van der Waals surface area contributed by atoms with Crippen LogP contribution in [0.1, 0.15) is 38.5 Å². The van der Waals surface area contributed by atoms with Crippen molar-refractivity contribution >= 4 is 22.5 Å². The van der Waals surface area contributed by atoms with Gasteiger partial charge in [0.1, 0.15) is 6.42 Å². The van der Waals surface area contributed by atoms with E-state index in [2.05, 4.69) is 44.4 Å². The lowest BCUT2D eigenvalue weighted by atomic mass is 9.84. The highest BCUT2D eigenvalue weighted by atomic mass is 16.1. The van der Waals surface area contributed by atoms with Crippen LogP contribution < -0.4 is 10.2 Å². The van der Waals surface area contributed by atoms with E-state index in [9.17, 15) is 4.79 Å². The zero-order valence-electron chi connectivity index (χ0n) is 17.6.